The second kappa shape index (κ2) is 13.9. The highest BCUT2D eigenvalue weighted by atomic mass is 16.5. The molecule has 3 nitrogen and oxygen atoms in total. The van der Waals surface area contributed by atoms with E-state index in [0.717, 1.165) is 68.7 Å². The summed E-state index contributed by atoms with van der Waals surface area (Å²) < 4.78 is 13.8. The molecule has 9 aromatic carbocycles. The Balaban J connectivity index is 1.00. The van der Waals surface area contributed by atoms with E-state index in [-0.39, 0.29) is 0 Å². The third kappa shape index (κ3) is 4.97. The molecular formula is C63H43NO2. The van der Waals surface area contributed by atoms with E-state index in [1.165, 1.54) is 55.6 Å². The Hall–Kier alpha value is -8.14. The van der Waals surface area contributed by atoms with Crippen LogP contribution in [0.15, 0.2) is 224 Å². The molecule has 0 fully saturated rings. The van der Waals surface area contributed by atoms with Gasteiger partial charge in [-0.25, -0.2) is 0 Å². The molecular weight excluding hydrogens is 803 g/mol. The molecule has 1 unspecified atom stereocenters. The minimum Gasteiger partial charge on any atom is -0.457 e. The van der Waals surface area contributed by atoms with Crippen LogP contribution >= 0.6 is 0 Å². The summed E-state index contributed by atoms with van der Waals surface area (Å²) >= 11 is 0. The molecule has 2 heterocycles. The van der Waals surface area contributed by atoms with E-state index in [1.54, 1.807) is 0 Å². The van der Waals surface area contributed by atoms with E-state index in [0.29, 0.717) is 5.92 Å². The lowest BCUT2D eigenvalue weighted by Gasteiger charge is -2.40. The van der Waals surface area contributed by atoms with E-state index in [2.05, 4.69) is 236 Å². The topological polar surface area (TPSA) is 21.7 Å². The number of rotatable bonds is 4. The lowest BCUT2D eigenvalue weighted by molar-refractivity contribution is 0.436. The maximum absolute atomic E-state index is 7.09. The standard InChI is InChI=1S/C63H43NO2/c1-40-26-28-41(29-27-40)42-30-32-43(33-31-42)64(44-34-36-49-48-16-4-7-19-52(48)63(57(49)38-44)54-21-9-11-23-58(54)65-59-24-12-10-22-55(59)63)45-35-37-56-61(39-45)66-60-25-13-8-20-53(60)62(56)50-17-5-2-14-46(50)47-15-3-6-18-51(47)62/h2-26,28-40H,27H2,1H3. The molecule has 0 saturated heterocycles. The van der Waals surface area contributed by atoms with Crippen molar-refractivity contribution in [1.29, 1.82) is 0 Å². The van der Waals surface area contributed by atoms with Crippen LogP contribution in [0.2, 0.25) is 0 Å². The van der Waals surface area contributed by atoms with Crippen LogP contribution in [-0.4, -0.2) is 0 Å². The highest BCUT2D eigenvalue weighted by Crippen LogP contribution is 2.64. The van der Waals surface area contributed by atoms with Crippen LogP contribution in [0, 0.1) is 5.92 Å². The third-order valence-corrected chi connectivity index (χ3v) is 15.0. The van der Waals surface area contributed by atoms with Crippen LogP contribution < -0.4 is 14.4 Å². The quantitative estimate of drug-likeness (QED) is 0.176. The minimum absolute atomic E-state index is 0.545. The lowest BCUT2D eigenvalue weighted by Crippen LogP contribution is -2.32. The van der Waals surface area contributed by atoms with Crippen LogP contribution in [0.4, 0.5) is 17.1 Å². The molecule has 9 aromatic rings. The van der Waals surface area contributed by atoms with Crippen molar-refractivity contribution in [3.8, 4) is 45.3 Å². The van der Waals surface area contributed by atoms with Gasteiger partial charge in [0.15, 0.2) is 0 Å². The predicted molar refractivity (Wildman–Crippen MR) is 267 cm³/mol. The molecule has 5 aliphatic rings. The molecule has 2 spiro atoms. The number of hydrogen-bond acceptors (Lipinski definition) is 3. The predicted octanol–water partition coefficient (Wildman–Crippen LogP) is 16.1. The maximum atomic E-state index is 7.09. The SMILES string of the molecule is CC1C=CC(c2ccc(N(c3ccc4c(c3)Oc3ccccc3C43c4ccccc4-c4ccccc43)c3ccc4c(c3)C3(c5ccccc5Oc5ccccc53)c3ccccc3-4)cc2)=CC1. The Bertz CT molecular complexity index is 3470. The van der Waals surface area contributed by atoms with Gasteiger partial charge < -0.3 is 14.4 Å². The Morgan fingerprint density at radius 3 is 1.36 bits per heavy atom. The molecule has 66 heavy (non-hydrogen) atoms. The second-order valence-electron chi connectivity index (χ2n) is 18.4. The monoisotopic (exact) mass is 845 g/mol. The van der Waals surface area contributed by atoms with Crippen LogP contribution in [0.5, 0.6) is 23.0 Å². The number of allylic oxidation sites excluding steroid dienone is 4. The Morgan fingerprint density at radius 1 is 0.394 bits per heavy atom. The molecule has 0 N–H and O–H groups in total. The largest absolute Gasteiger partial charge is 0.457 e. The van der Waals surface area contributed by atoms with E-state index < -0.39 is 10.8 Å². The smallest absolute Gasteiger partial charge is 0.134 e. The fraction of sp³-hybridized carbons (Fsp3) is 0.0794. The first-order chi connectivity index (χ1) is 32.6. The van der Waals surface area contributed by atoms with Crippen molar-refractivity contribution in [3.63, 3.8) is 0 Å². The van der Waals surface area contributed by atoms with Gasteiger partial charge in [0.1, 0.15) is 23.0 Å². The van der Waals surface area contributed by atoms with Crippen molar-refractivity contribution in [2.45, 2.75) is 24.2 Å². The summed E-state index contributed by atoms with van der Waals surface area (Å²) in [5, 5.41) is 0. The van der Waals surface area contributed by atoms with Gasteiger partial charge in [-0.15, -0.1) is 0 Å². The molecule has 1 atom stereocenters. The summed E-state index contributed by atoms with van der Waals surface area (Å²) in [6.45, 7) is 2.27. The van der Waals surface area contributed by atoms with Crippen molar-refractivity contribution in [3.05, 3.63) is 275 Å². The summed E-state index contributed by atoms with van der Waals surface area (Å²) in [6, 6.07) is 75.7. The average molecular weight is 846 g/mol. The van der Waals surface area contributed by atoms with Gasteiger partial charge in [-0.3, -0.25) is 0 Å². The van der Waals surface area contributed by atoms with Gasteiger partial charge in [0, 0.05) is 45.4 Å². The summed E-state index contributed by atoms with van der Waals surface area (Å²) in [5.74, 6) is 4.04. The maximum Gasteiger partial charge on any atom is 0.134 e. The van der Waals surface area contributed by atoms with Crippen LogP contribution in [-0.2, 0) is 10.8 Å². The first-order valence-corrected chi connectivity index (χ1v) is 23.1. The normalized spacial score (nSPS) is 16.6. The number of anilines is 3. The second-order valence-corrected chi connectivity index (χ2v) is 18.4. The molecule has 0 bridgehead atoms. The Kier molecular flexibility index (Phi) is 7.86. The number of para-hydroxylation sites is 3. The van der Waals surface area contributed by atoms with Crippen molar-refractivity contribution in [2.24, 2.45) is 5.92 Å². The molecule has 0 aromatic heterocycles. The number of nitrogens with zero attached hydrogens (tertiary/aromatic N) is 1. The fourth-order valence-corrected chi connectivity index (χ4v) is 12.2. The minimum atomic E-state index is -0.599. The molecule has 14 rings (SSSR count). The summed E-state index contributed by atoms with van der Waals surface area (Å²) in [5.41, 5.74) is 19.1. The van der Waals surface area contributed by atoms with E-state index in [9.17, 15) is 0 Å². The zero-order chi connectivity index (χ0) is 43.6. The van der Waals surface area contributed by atoms with Gasteiger partial charge >= 0.3 is 0 Å². The van der Waals surface area contributed by atoms with Crippen molar-refractivity contribution in [2.75, 3.05) is 4.90 Å². The third-order valence-electron chi connectivity index (χ3n) is 15.0. The summed E-state index contributed by atoms with van der Waals surface area (Å²) in [7, 11) is 0. The van der Waals surface area contributed by atoms with E-state index in [1.807, 2.05) is 0 Å². The van der Waals surface area contributed by atoms with Crippen molar-refractivity contribution < 1.29 is 9.47 Å². The van der Waals surface area contributed by atoms with Crippen LogP contribution in [0.1, 0.15) is 63.4 Å². The Labute approximate surface area is 385 Å². The summed E-state index contributed by atoms with van der Waals surface area (Å²) in [6.07, 6.45) is 8.01. The molecule has 0 saturated carbocycles. The van der Waals surface area contributed by atoms with Gasteiger partial charge in [0.2, 0.25) is 0 Å². The van der Waals surface area contributed by atoms with Crippen LogP contribution in [0.3, 0.4) is 0 Å². The molecule has 3 aliphatic carbocycles. The highest BCUT2D eigenvalue weighted by Gasteiger charge is 2.53. The van der Waals surface area contributed by atoms with Crippen molar-refractivity contribution in [1.82, 2.24) is 0 Å². The number of ether oxygens (including phenoxy) is 2. The average Bonchev–Trinajstić information content (AvgIpc) is 3.83. The molecule has 2 aliphatic heterocycles. The molecule has 0 amide bonds. The number of fused-ring (bicyclic) bond motifs is 18. The van der Waals surface area contributed by atoms with Crippen molar-refractivity contribution >= 4 is 22.6 Å². The van der Waals surface area contributed by atoms with Gasteiger partial charge in [-0.2, -0.15) is 0 Å². The zero-order valence-corrected chi connectivity index (χ0v) is 36.4. The zero-order valence-electron chi connectivity index (χ0n) is 36.4. The van der Waals surface area contributed by atoms with Gasteiger partial charge in [0.25, 0.3) is 0 Å². The fourth-order valence-electron chi connectivity index (χ4n) is 12.2. The molecule has 312 valence electrons. The summed E-state index contributed by atoms with van der Waals surface area (Å²) in [4.78, 5) is 2.42. The number of benzene rings is 9. The van der Waals surface area contributed by atoms with Gasteiger partial charge in [-0.05, 0) is 117 Å². The highest BCUT2D eigenvalue weighted by molar-refractivity contribution is 5.93. The lowest BCUT2D eigenvalue weighted by atomic mass is 9.66. The Morgan fingerprint density at radius 2 is 0.818 bits per heavy atom. The van der Waals surface area contributed by atoms with E-state index >= 15 is 0 Å². The van der Waals surface area contributed by atoms with Gasteiger partial charge in [0.05, 0.1) is 10.8 Å². The first kappa shape index (κ1) is 37.3. The molecule has 3 heteroatoms. The number of hydrogen-bond donors (Lipinski definition) is 0. The van der Waals surface area contributed by atoms with Gasteiger partial charge in [-0.1, -0.05) is 177 Å². The van der Waals surface area contributed by atoms with Crippen LogP contribution in [0.25, 0.3) is 27.8 Å². The van der Waals surface area contributed by atoms with E-state index in [4.69, 9.17) is 9.47 Å². The first-order valence-electron chi connectivity index (χ1n) is 23.1. The molecule has 0 radical (unpaired) electrons.